The molecule has 0 spiro atoms. The zero-order chi connectivity index (χ0) is 100. The molecule has 150 heavy (non-hydrogen) atoms. The van der Waals surface area contributed by atoms with E-state index in [1.54, 1.807) is 139 Å². The topological polar surface area (TPSA) is 158 Å². The van der Waals surface area contributed by atoms with Gasteiger partial charge in [0.15, 0.2) is 0 Å². The average Bonchev–Trinajstić information content (AvgIpc) is 1.40. The van der Waals surface area contributed by atoms with Crippen LogP contribution >= 0.6 is 45.2 Å². The van der Waals surface area contributed by atoms with Crippen molar-refractivity contribution in [2.75, 3.05) is 44.6 Å². The minimum absolute atomic E-state index is 0.186. The molecule has 0 heterocycles. The summed E-state index contributed by atoms with van der Waals surface area (Å²) in [6, 6.07) is 78.3. The molecule has 0 bridgehead atoms. The SMILES string of the molecule is C1=C2c3ccc4c5ccc6c7ccc8c9c%10c%11c%12c%13c(c3c4c3c%13c%11c(c97)c6c53)C2C2=C(C1)C1=C(C=%122)C%10C8=CC1.CCOC(=O)c1ccc(C2CC3c4ccc5c6ccc7c8ccc9c%10c%11c%12c%13c%14c%15c(c4c5c%14c6c7c%13c%108)C3(c3ccc(C(=O)OCC)cc3)C3=C2C2(C)C(=C3[C@]%12%15c3ccc(C(=O)OCC)cc3)C%11(c3ccc(C(=O)OCC)cc3)C9=CC2c2ccc(C(=O)OCC)cc2)cc1.CCOC(=O)c1ccc(I)cc1.CI. The molecular formula is C136H86I2O12. The summed E-state index contributed by atoms with van der Waals surface area (Å²) in [7, 11) is 0. The van der Waals surface area contributed by atoms with E-state index in [1.165, 1.54) is 164 Å². The molecule has 9 atom stereocenters. The molecule has 38 rings (SSSR count). The van der Waals surface area contributed by atoms with Crippen molar-refractivity contribution in [2.45, 2.75) is 114 Å². The van der Waals surface area contributed by atoms with Crippen molar-refractivity contribution >= 4 is 265 Å². The van der Waals surface area contributed by atoms with Gasteiger partial charge in [-0.15, -0.1) is 0 Å². The smallest absolute Gasteiger partial charge is 0.338 e. The number of fused-ring (bicyclic) bond motifs is 10. The Balaban J connectivity index is 0.000000140. The van der Waals surface area contributed by atoms with Crippen molar-refractivity contribution in [1.29, 1.82) is 0 Å². The van der Waals surface area contributed by atoms with Crippen LogP contribution in [0.25, 0.3) is 184 Å². The van der Waals surface area contributed by atoms with Gasteiger partial charge in [-0.3, -0.25) is 0 Å². The number of halogens is 2. The highest BCUT2D eigenvalue weighted by Gasteiger charge is 2.78. The molecule has 716 valence electrons. The lowest BCUT2D eigenvalue weighted by molar-refractivity contribution is 0.0516. The molecule has 0 saturated heterocycles. The van der Waals surface area contributed by atoms with Gasteiger partial charge in [0, 0.05) is 38.6 Å². The van der Waals surface area contributed by atoms with Crippen molar-refractivity contribution < 1.29 is 57.2 Å². The van der Waals surface area contributed by atoms with Crippen LogP contribution in [0, 0.1) is 8.99 Å². The summed E-state index contributed by atoms with van der Waals surface area (Å²) in [5.41, 5.74) is 36.2. The summed E-state index contributed by atoms with van der Waals surface area (Å²) in [6.45, 7) is 15.1. The molecule has 0 radical (unpaired) electrons. The second-order valence-corrected chi connectivity index (χ2v) is 45.2. The Hall–Kier alpha value is -15.2. The van der Waals surface area contributed by atoms with Crippen LogP contribution in [0.5, 0.6) is 0 Å². The predicted molar refractivity (Wildman–Crippen MR) is 611 cm³/mol. The molecule has 14 heteroatoms. The zero-order valence-corrected chi connectivity index (χ0v) is 87.2. The Morgan fingerprint density at radius 3 is 1.12 bits per heavy atom. The second-order valence-electron chi connectivity index (χ2n) is 44.0. The number of carbonyl (C=O) groups excluding carboxylic acids is 6. The highest BCUT2D eigenvalue weighted by molar-refractivity contribution is 14.1. The summed E-state index contributed by atoms with van der Waals surface area (Å²) in [5, 5.41) is 44.6. The van der Waals surface area contributed by atoms with Gasteiger partial charge in [-0.05, 0) is 490 Å². The van der Waals surface area contributed by atoms with E-state index in [-0.39, 0.29) is 80.7 Å². The third kappa shape index (κ3) is 8.77. The molecule has 0 fully saturated rings. The van der Waals surface area contributed by atoms with Gasteiger partial charge in [0.2, 0.25) is 0 Å². The summed E-state index contributed by atoms with van der Waals surface area (Å²) >= 11 is 4.34. The first-order valence-electron chi connectivity index (χ1n) is 53.1. The number of carbonyl (C=O) groups is 6. The van der Waals surface area contributed by atoms with E-state index in [2.05, 4.69) is 204 Å². The third-order valence-electron chi connectivity index (χ3n) is 39.1. The Bertz CT molecular complexity index is 10600. The van der Waals surface area contributed by atoms with Crippen LogP contribution in [0.2, 0.25) is 0 Å². The van der Waals surface area contributed by atoms with Crippen LogP contribution in [0.3, 0.4) is 0 Å². The minimum Gasteiger partial charge on any atom is -0.462 e. The first kappa shape index (κ1) is 84.7. The molecule has 0 amide bonds. The quantitative estimate of drug-likeness (QED) is 0.0280. The first-order chi connectivity index (χ1) is 73.5. The fourth-order valence-corrected chi connectivity index (χ4v) is 35.5. The van der Waals surface area contributed by atoms with Crippen LogP contribution < -0.4 is 5.22 Å². The lowest BCUT2D eigenvalue weighted by Gasteiger charge is -2.58. The van der Waals surface area contributed by atoms with E-state index in [9.17, 15) is 28.8 Å². The molecule has 15 aliphatic rings. The number of hydrogen-bond acceptors (Lipinski definition) is 12. The van der Waals surface area contributed by atoms with Crippen molar-refractivity contribution in [3.05, 3.63) is 407 Å². The Labute approximate surface area is 885 Å². The number of allylic oxidation sites excluding steroid dienone is 14. The minimum atomic E-state index is -1.04. The maximum atomic E-state index is 14.1. The first-order valence-corrected chi connectivity index (χ1v) is 56.4. The summed E-state index contributed by atoms with van der Waals surface area (Å²) < 4.78 is 34.6. The maximum Gasteiger partial charge on any atom is 0.338 e. The predicted octanol–water partition coefficient (Wildman–Crippen LogP) is 30.6. The second kappa shape index (κ2) is 27.9. The fraction of sp³-hybridized carbons (Fsp3) is 0.191. The highest BCUT2D eigenvalue weighted by atomic mass is 127. The monoisotopic (exact) mass is 2160 g/mol. The van der Waals surface area contributed by atoms with Crippen molar-refractivity contribution in [3.63, 3.8) is 0 Å². The Morgan fingerprint density at radius 1 is 0.333 bits per heavy atom. The van der Waals surface area contributed by atoms with E-state index in [1.807, 2.05) is 112 Å². The molecular weight excluding hydrogens is 2080 g/mol. The fourth-order valence-electron chi connectivity index (χ4n) is 35.1. The largest absolute Gasteiger partial charge is 0.462 e. The lowest BCUT2D eigenvalue weighted by atomic mass is 9.43. The number of benzene rings is 18. The molecule has 0 saturated carbocycles. The third-order valence-corrected chi connectivity index (χ3v) is 39.8. The molecule has 23 aromatic carbocycles. The number of esters is 6. The molecule has 0 N–H and O–H groups in total. The van der Waals surface area contributed by atoms with E-state index in [4.69, 9.17) is 28.4 Å². The van der Waals surface area contributed by atoms with E-state index >= 15 is 0 Å². The van der Waals surface area contributed by atoms with Gasteiger partial charge in [-0.2, -0.15) is 0 Å². The van der Waals surface area contributed by atoms with Crippen LogP contribution in [0.4, 0.5) is 0 Å². The summed E-state index contributed by atoms with van der Waals surface area (Å²) in [6.07, 6.45) is 10.8. The molecule has 8 unspecified atom stereocenters. The molecule has 23 aromatic rings. The molecule has 12 nitrogen and oxygen atoms in total. The normalized spacial score (nSPS) is 22.5. The van der Waals surface area contributed by atoms with E-state index < -0.39 is 27.6 Å². The highest BCUT2D eigenvalue weighted by Crippen LogP contribution is 2.89. The summed E-state index contributed by atoms with van der Waals surface area (Å²) in [4.78, 5) is 83.0. The van der Waals surface area contributed by atoms with E-state index in [0.29, 0.717) is 58.2 Å². The van der Waals surface area contributed by atoms with Crippen molar-refractivity contribution in [2.24, 2.45) is 5.41 Å². The van der Waals surface area contributed by atoms with Gasteiger partial charge in [0.1, 0.15) is 0 Å². The van der Waals surface area contributed by atoms with Crippen LogP contribution in [0.15, 0.2) is 281 Å². The maximum absolute atomic E-state index is 14.1. The number of hydrogen-bond donors (Lipinski definition) is 0. The average molecular weight is 2170 g/mol. The van der Waals surface area contributed by atoms with Crippen LogP contribution in [-0.4, -0.2) is 80.4 Å². The number of ether oxygens (including phenoxy) is 6. The molecule has 0 aliphatic heterocycles. The van der Waals surface area contributed by atoms with Gasteiger partial charge >= 0.3 is 35.8 Å². The van der Waals surface area contributed by atoms with Gasteiger partial charge in [0.05, 0.1) is 89.3 Å². The van der Waals surface area contributed by atoms with Crippen molar-refractivity contribution in [1.82, 2.24) is 0 Å². The lowest BCUT2D eigenvalue weighted by Crippen LogP contribution is -2.52. The summed E-state index contributed by atoms with van der Waals surface area (Å²) in [5.74, 6) is -2.16. The van der Waals surface area contributed by atoms with Crippen LogP contribution in [-0.2, 0) is 44.7 Å². The number of alkyl halides is 1. The standard InChI is InChI=1S/C86H60O10.C40H14.C9H9IO2.CH3I/c1-7-92-78(87)42-16-12-40(13-17-42)56-38-58-54-36-34-52-50-32-33-51-53-35-37-55-59-39-57(41-14-18-43(19-15-41)79(88)93-8-2)83(6)70(56)75-76-77(83)85(59,48-28-22-45(23-29-48)81(90)95-10-4)72-65(55)63(53)67-61(51)60(50)66-62(52)64(54)71(84(58,75)47-26-20-44(21-27-47)80(89)94-9-3)73-68(66)69(67)74(72)86(73,76)49-30-24-46(25-31-49)82(91)96-11-5;1-2-12-14-5-6-16-18-9-10-20-19-8-7-17-15-4-3-13-11(1)21-22(12)32-24(14)26(16)34-29(18)30(20)35-28(19)27(17)33-25(15)23(13)31(21)36-37(32)39(34)40(35)38(33)36;1-2-12-9(11)7-3-5-8(10)6-4-7;1-2/h12-37,39,56-58H,7-11,38H2,1-6H3;1-7,9,27,29H,8,10H2;3-6H,2H2,1H3;1H3/t56?,57?,58?,83?,84?,85?,86-;;;/m0.../s1. The molecule has 15 aliphatic carbocycles. The Kier molecular flexibility index (Phi) is 15.7. The van der Waals surface area contributed by atoms with Gasteiger partial charge in [-0.25, -0.2) is 28.8 Å². The zero-order valence-electron chi connectivity index (χ0n) is 82.9. The van der Waals surface area contributed by atoms with Crippen LogP contribution in [0.1, 0.15) is 243 Å². The van der Waals surface area contributed by atoms with Gasteiger partial charge in [-0.1, -0.05) is 181 Å². The number of rotatable bonds is 17. The van der Waals surface area contributed by atoms with Gasteiger partial charge in [0.25, 0.3) is 0 Å². The Morgan fingerprint density at radius 2 is 0.680 bits per heavy atom. The van der Waals surface area contributed by atoms with E-state index in [0.717, 1.165) is 49.8 Å². The van der Waals surface area contributed by atoms with Crippen molar-refractivity contribution in [3.8, 4) is 0 Å². The molecule has 0 aromatic heterocycles. The van der Waals surface area contributed by atoms with Gasteiger partial charge < -0.3 is 28.4 Å².